The molecular formula is C28H33N5O2. The number of benzene rings is 2. The van der Waals surface area contributed by atoms with Crippen molar-refractivity contribution >= 4 is 11.2 Å². The van der Waals surface area contributed by atoms with Crippen molar-refractivity contribution in [3.8, 4) is 0 Å². The van der Waals surface area contributed by atoms with Gasteiger partial charge in [0.2, 0.25) is 0 Å². The second-order valence-electron chi connectivity index (χ2n) is 9.70. The summed E-state index contributed by atoms with van der Waals surface area (Å²) in [7, 11) is 3.23. The molecule has 0 N–H and O–H groups in total. The Morgan fingerprint density at radius 3 is 2.14 bits per heavy atom. The number of rotatable bonds is 7. The summed E-state index contributed by atoms with van der Waals surface area (Å²) in [5, 5.41) is 0. The minimum absolute atomic E-state index is 0.281. The molecule has 182 valence electrons. The van der Waals surface area contributed by atoms with Crippen LogP contribution in [0.1, 0.15) is 29.8 Å². The Morgan fingerprint density at radius 1 is 0.857 bits per heavy atom. The molecule has 7 heteroatoms. The van der Waals surface area contributed by atoms with Gasteiger partial charge in [-0.2, -0.15) is 0 Å². The van der Waals surface area contributed by atoms with Crippen molar-refractivity contribution in [3.05, 3.63) is 98.5 Å². The number of likely N-dealkylation sites (tertiary alicyclic amines) is 1. The highest BCUT2D eigenvalue weighted by Crippen LogP contribution is 2.23. The molecule has 1 aliphatic heterocycles. The molecule has 0 saturated carbocycles. The molecule has 2 aromatic heterocycles. The maximum absolute atomic E-state index is 13.1. The summed E-state index contributed by atoms with van der Waals surface area (Å²) in [6.07, 6.45) is 4.23. The molecule has 0 unspecified atom stereocenters. The molecule has 35 heavy (non-hydrogen) atoms. The van der Waals surface area contributed by atoms with E-state index in [1.165, 1.54) is 27.3 Å². The molecule has 0 spiro atoms. The highest BCUT2D eigenvalue weighted by Gasteiger charge is 2.24. The van der Waals surface area contributed by atoms with Gasteiger partial charge in [0.25, 0.3) is 5.56 Å². The van der Waals surface area contributed by atoms with Gasteiger partial charge < -0.3 is 4.57 Å². The monoisotopic (exact) mass is 471 g/mol. The van der Waals surface area contributed by atoms with Crippen LogP contribution in [0.5, 0.6) is 0 Å². The first-order valence-corrected chi connectivity index (χ1v) is 12.5. The van der Waals surface area contributed by atoms with Gasteiger partial charge in [-0.1, -0.05) is 60.7 Å². The van der Waals surface area contributed by atoms with Gasteiger partial charge in [-0.15, -0.1) is 0 Å². The topological polar surface area (TPSA) is 65.1 Å². The van der Waals surface area contributed by atoms with E-state index in [0.717, 1.165) is 44.6 Å². The first-order chi connectivity index (χ1) is 17.0. The van der Waals surface area contributed by atoms with E-state index in [2.05, 4.69) is 47.4 Å². The summed E-state index contributed by atoms with van der Waals surface area (Å²) < 4.78 is 4.72. The van der Waals surface area contributed by atoms with Gasteiger partial charge in [-0.05, 0) is 55.8 Å². The lowest BCUT2D eigenvalue weighted by molar-refractivity contribution is 0.172. The van der Waals surface area contributed by atoms with Crippen molar-refractivity contribution < 1.29 is 0 Å². The lowest BCUT2D eigenvalue weighted by Gasteiger charge is -2.31. The molecule has 4 aromatic rings. The van der Waals surface area contributed by atoms with E-state index in [9.17, 15) is 9.59 Å². The number of piperidine rings is 1. The van der Waals surface area contributed by atoms with Crippen LogP contribution < -0.4 is 11.2 Å². The molecule has 0 amide bonds. The summed E-state index contributed by atoms with van der Waals surface area (Å²) in [4.78, 5) is 33.0. The van der Waals surface area contributed by atoms with Crippen LogP contribution in [-0.4, -0.2) is 36.7 Å². The van der Waals surface area contributed by atoms with Crippen LogP contribution in [0.4, 0.5) is 0 Å². The minimum atomic E-state index is -0.344. The van der Waals surface area contributed by atoms with Crippen molar-refractivity contribution in [1.82, 2.24) is 23.6 Å². The Morgan fingerprint density at radius 2 is 1.49 bits per heavy atom. The average Bonchev–Trinajstić information content (AvgIpc) is 3.25. The standard InChI is InChI=1S/C28H33N5O2/c1-30-26-25(27(34)31(2)28(30)35)33(18-15-21-9-5-3-6-10-21)24(29-26)20-32-16-13-23(14-17-32)19-22-11-7-4-8-12-22/h3-12,23H,13-20H2,1-2H3. The number of imidazole rings is 1. The molecular weight excluding hydrogens is 438 g/mol. The van der Waals surface area contributed by atoms with Gasteiger partial charge in [0.1, 0.15) is 5.82 Å². The lowest BCUT2D eigenvalue weighted by atomic mass is 9.90. The smallest absolute Gasteiger partial charge is 0.321 e. The number of fused-ring (bicyclic) bond motifs is 1. The Hall–Kier alpha value is -3.45. The second kappa shape index (κ2) is 10.0. The zero-order valence-electron chi connectivity index (χ0n) is 20.6. The molecule has 2 aromatic carbocycles. The third-order valence-corrected chi connectivity index (χ3v) is 7.33. The summed E-state index contributed by atoms with van der Waals surface area (Å²) in [6.45, 7) is 3.35. The normalized spacial score (nSPS) is 15.1. The molecule has 0 aliphatic carbocycles. The SMILES string of the molecule is Cn1c(=O)c2c(nc(CN3CCC(Cc4ccccc4)CC3)n2CCc2ccccc2)n(C)c1=O. The van der Waals surface area contributed by atoms with Gasteiger partial charge >= 0.3 is 5.69 Å². The largest absolute Gasteiger partial charge is 0.332 e. The van der Waals surface area contributed by atoms with Crippen LogP contribution in [0.25, 0.3) is 11.2 Å². The Balaban J connectivity index is 1.39. The fraction of sp³-hybridized carbons (Fsp3) is 0.393. The number of aryl methyl sites for hydroxylation is 3. The molecule has 1 fully saturated rings. The number of aromatic nitrogens is 4. The highest BCUT2D eigenvalue weighted by atomic mass is 16.2. The third-order valence-electron chi connectivity index (χ3n) is 7.33. The fourth-order valence-electron chi connectivity index (χ4n) is 5.23. The first-order valence-electron chi connectivity index (χ1n) is 12.5. The maximum atomic E-state index is 13.1. The molecule has 1 saturated heterocycles. The summed E-state index contributed by atoms with van der Waals surface area (Å²) >= 11 is 0. The van der Waals surface area contributed by atoms with Gasteiger partial charge in [0.15, 0.2) is 11.2 Å². The van der Waals surface area contributed by atoms with Crippen molar-refractivity contribution in [3.63, 3.8) is 0 Å². The number of hydrogen-bond acceptors (Lipinski definition) is 4. The predicted octanol–water partition coefficient (Wildman–Crippen LogP) is 3.13. The van der Waals surface area contributed by atoms with E-state index in [4.69, 9.17) is 4.98 Å². The molecule has 0 bridgehead atoms. The van der Waals surface area contributed by atoms with E-state index in [1.807, 2.05) is 22.8 Å². The second-order valence-corrected chi connectivity index (χ2v) is 9.70. The Bertz CT molecular complexity index is 1410. The van der Waals surface area contributed by atoms with E-state index in [1.54, 1.807) is 7.05 Å². The average molecular weight is 472 g/mol. The number of nitrogens with zero attached hydrogens (tertiary/aromatic N) is 5. The van der Waals surface area contributed by atoms with E-state index >= 15 is 0 Å². The van der Waals surface area contributed by atoms with Crippen molar-refractivity contribution in [2.24, 2.45) is 20.0 Å². The van der Waals surface area contributed by atoms with Crippen molar-refractivity contribution in [2.45, 2.75) is 38.8 Å². The lowest BCUT2D eigenvalue weighted by Crippen LogP contribution is -2.37. The summed E-state index contributed by atoms with van der Waals surface area (Å²) in [6, 6.07) is 21.0. The quantitative estimate of drug-likeness (QED) is 0.415. The molecule has 0 radical (unpaired) electrons. The van der Waals surface area contributed by atoms with Gasteiger partial charge in [-0.25, -0.2) is 9.78 Å². The summed E-state index contributed by atoms with van der Waals surface area (Å²) in [5.74, 6) is 1.55. The zero-order chi connectivity index (χ0) is 24.4. The molecule has 5 rings (SSSR count). The molecule has 1 aliphatic rings. The van der Waals surface area contributed by atoms with E-state index < -0.39 is 0 Å². The third kappa shape index (κ3) is 4.86. The zero-order valence-corrected chi connectivity index (χ0v) is 20.6. The fourth-order valence-corrected chi connectivity index (χ4v) is 5.23. The van der Waals surface area contributed by atoms with Crippen molar-refractivity contribution in [2.75, 3.05) is 13.1 Å². The van der Waals surface area contributed by atoms with Gasteiger partial charge in [0.05, 0.1) is 6.54 Å². The maximum Gasteiger partial charge on any atom is 0.332 e. The van der Waals surface area contributed by atoms with Crippen LogP contribution in [0, 0.1) is 5.92 Å². The Labute approximate surface area is 205 Å². The van der Waals surface area contributed by atoms with E-state index in [0.29, 0.717) is 30.2 Å². The van der Waals surface area contributed by atoms with Crippen LogP contribution in [0.3, 0.4) is 0 Å². The minimum Gasteiger partial charge on any atom is -0.321 e. The first kappa shape index (κ1) is 23.3. The van der Waals surface area contributed by atoms with Crippen LogP contribution in [0.2, 0.25) is 0 Å². The Kier molecular flexibility index (Phi) is 6.68. The van der Waals surface area contributed by atoms with Gasteiger partial charge in [0, 0.05) is 20.6 Å². The van der Waals surface area contributed by atoms with Crippen molar-refractivity contribution in [1.29, 1.82) is 0 Å². The van der Waals surface area contributed by atoms with Crippen LogP contribution >= 0.6 is 0 Å². The van der Waals surface area contributed by atoms with Gasteiger partial charge in [-0.3, -0.25) is 18.8 Å². The van der Waals surface area contributed by atoms with E-state index in [-0.39, 0.29) is 11.2 Å². The molecule has 3 heterocycles. The predicted molar refractivity (Wildman–Crippen MR) is 139 cm³/mol. The van der Waals surface area contributed by atoms with Crippen LogP contribution in [0.15, 0.2) is 70.3 Å². The molecule has 7 nitrogen and oxygen atoms in total. The number of hydrogen-bond donors (Lipinski definition) is 0. The summed E-state index contributed by atoms with van der Waals surface area (Å²) in [5.41, 5.74) is 2.98. The van der Waals surface area contributed by atoms with Crippen LogP contribution in [-0.2, 0) is 40.0 Å². The highest BCUT2D eigenvalue weighted by molar-refractivity contribution is 5.71. The molecule has 0 atom stereocenters.